The van der Waals surface area contributed by atoms with Gasteiger partial charge in [-0.1, -0.05) is 17.4 Å². The van der Waals surface area contributed by atoms with Crippen molar-refractivity contribution >= 4 is 28.2 Å². The molecule has 0 saturated carbocycles. The van der Waals surface area contributed by atoms with Crippen LogP contribution in [0, 0.1) is 0 Å². The van der Waals surface area contributed by atoms with Crippen LogP contribution in [-0.2, 0) is 0 Å². The van der Waals surface area contributed by atoms with E-state index in [1.165, 1.54) is 23.1 Å². The maximum absolute atomic E-state index is 9.68. The van der Waals surface area contributed by atoms with Crippen LogP contribution in [0.3, 0.4) is 0 Å². The van der Waals surface area contributed by atoms with Gasteiger partial charge in [0.2, 0.25) is 5.13 Å². The largest absolute Gasteiger partial charge is 0.389 e. The second-order valence-corrected chi connectivity index (χ2v) is 6.11. The van der Waals surface area contributed by atoms with E-state index in [0.717, 1.165) is 20.1 Å². The summed E-state index contributed by atoms with van der Waals surface area (Å²) < 4.78 is 0.819. The van der Waals surface area contributed by atoms with Crippen LogP contribution in [0.2, 0.25) is 0 Å². The zero-order valence-electron chi connectivity index (χ0n) is 10.4. The van der Waals surface area contributed by atoms with Crippen molar-refractivity contribution in [2.45, 2.75) is 22.4 Å². The SMILES string of the molecule is CC(O)c1cccnc1Sc1nnc(N(C)C)s1. The third-order valence-corrected chi connectivity index (χ3v) is 4.39. The van der Waals surface area contributed by atoms with E-state index >= 15 is 0 Å². The van der Waals surface area contributed by atoms with Crippen molar-refractivity contribution in [2.24, 2.45) is 0 Å². The zero-order valence-corrected chi connectivity index (χ0v) is 12.0. The summed E-state index contributed by atoms with van der Waals surface area (Å²) in [7, 11) is 3.86. The molecule has 7 heteroatoms. The highest BCUT2D eigenvalue weighted by atomic mass is 32.2. The van der Waals surface area contributed by atoms with Gasteiger partial charge in [0.05, 0.1) is 6.10 Å². The molecule has 5 nitrogen and oxygen atoms in total. The highest BCUT2D eigenvalue weighted by molar-refractivity contribution is 8.01. The Hall–Kier alpha value is -1.18. The Labute approximate surface area is 114 Å². The fourth-order valence-electron chi connectivity index (χ4n) is 1.31. The van der Waals surface area contributed by atoms with Crippen LogP contribution < -0.4 is 4.90 Å². The van der Waals surface area contributed by atoms with Crippen molar-refractivity contribution in [2.75, 3.05) is 19.0 Å². The summed E-state index contributed by atoms with van der Waals surface area (Å²) in [6.07, 6.45) is 1.17. The van der Waals surface area contributed by atoms with Gasteiger partial charge in [0.25, 0.3) is 0 Å². The first-order valence-corrected chi connectivity index (χ1v) is 7.03. The number of anilines is 1. The Balaban J connectivity index is 2.23. The molecule has 96 valence electrons. The van der Waals surface area contributed by atoms with Crippen LogP contribution in [0.15, 0.2) is 27.7 Å². The lowest BCUT2D eigenvalue weighted by Crippen LogP contribution is -2.07. The molecule has 0 radical (unpaired) electrons. The van der Waals surface area contributed by atoms with Crippen LogP contribution in [0.5, 0.6) is 0 Å². The smallest absolute Gasteiger partial charge is 0.208 e. The molecule has 2 heterocycles. The van der Waals surface area contributed by atoms with Crippen molar-refractivity contribution in [3.05, 3.63) is 23.9 Å². The summed E-state index contributed by atoms with van der Waals surface area (Å²) in [5.41, 5.74) is 0.809. The highest BCUT2D eigenvalue weighted by Gasteiger charge is 2.13. The van der Waals surface area contributed by atoms with E-state index in [0.29, 0.717) is 0 Å². The average Bonchev–Trinajstić information content (AvgIpc) is 2.78. The van der Waals surface area contributed by atoms with Gasteiger partial charge >= 0.3 is 0 Å². The summed E-state index contributed by atoms with van der Waals surface area (Å²) in [4.78, 5) is 6.19. The molecule has 2 aromatic heterocycles. The number of rotatable bonds is 4. The Bertz CT molecular complexity index is 527. The molecule has 0 spiro atoms. The molecular weight excluding hydrogens is 268 g/mol. The number of hydrogen-bond acceptors (Lipinski definition) is 7. The molecular formula is C11H14N4OS2. The van der Waals surface area contributed by atoms with Crippen LogP contribution in [0.4, 0.5) is 5.13 Å². The van der Waals surface area contributed by atoms with Gasteiger partial charge in [-0.05, 0) is 24.8 Å². The number of aliphatic hydroxyl groups excluding tert-OH is 1. The molecule has 18 heavy (non-hydrogen) atoms. The Morgan fingerprint density at radius 2 is 2.17 bits per heavy atom. The minimum Gasteiger partial charge on any atom is -0.389 e. The Morgan fingerprint density at radius 3 is 2.78 bits per heavy atom. The van der Waals surface area contributed by atoms with Crippen LogP contribution >= 0.6 is 23.1 Å². The summed E-state index contributed by atoms with van der Waals surface area (Å²) in [6, 6.07) is 3.69. The Kier molecular flexibility index (Phi) is 4.15. The van der Waals surface area contributed by atoms with E-state index in [2.05, 4.69) is 15.2 Å². The first kappa shape index (κ1) is 13.3. The Morgan fingerprint density at radius 1 is 1.39 bits per heavy atom. The van der Waals surface area contributed by atoms with Gasteiger partial charge in [-0.2, -0.15) is 0 Å². The second kappa shape index (κ2) is 5.64. The highest BCUT2D eigenvalue weighted by Crippen LogP contribution is 2.34. The summed E-state index contributed by atoms with van der Waals surface area (Å²) in [5.74, 6) is 0. The van der Waals surface area contributed by atoms with Crippen LogP contribution in [-0.4, -0.2) is 34.4 Å². The first-order chi connectivity index (χ1) is 8.58. The number of hydrogen-bond donors (Lipinski definition) is 1. The predicted octanol–water partition coefficient (Wildman–Crippen LogP) is 2.20. The standard InChI is InChI=1S/C11H14N4OS2/c1-7(16)8-5-4-6-12-9(8)17-11-14-13-10(18-11)15(2)3/h4-7,16H,1-3H3. The summed E-state index contributed by atoms with van der Waals surface area (Å²) in [6.45, 7) is 1.73. The van der Waals surface area contributed by atoms with Crippen molar-refractivity contribution in [1.82, 2.24) is 15.2 Å². The van der Waals surface area contributed by atoms with Crippen LogP contribution in [0.25, 0.3) is 0 Å². The van der Waals surface area contributed by atoms with Crippen LogP contribution in [0.1, 0.15) is 18.6 Å². The van der Waals surface area contributed by atoms with Gasteiger partial charge < -0.3 is 10.0 Å². The molecule has 2 rings (SSSR count). The number of pyridine rings is 1. The number of aliphatic hydroxyl groups is 1. The molecule has 0 bridgehead atoms. The quantitative estimate of drug-likeness (QED) is 0.927. The molecule has 1 N–H and O–H groups in total. The van der Waals surface area contributed by atoms with E-state index in [4.69, 9.17) is 0 Å². The zero-order chi connectivity index (χ0) is 13.1. The van der Waals surface area contributed by atoms with Crippen molar-refractivity contribution in [3.63, 3.8) is 0 Å². The molecule has 2 aromatic rings. The lowest BCUT2D eigenvalue weighted by molar-refractivity contribution is 0.195. The minimum absolute atomic E-state index is 0.539. The summed E-state index contributed by atoms with van der Waals surface area (Å²) in [5, 5.41) is 19.5. The van der Waals surface area contributed by atoms with Crippen molar-refractivity contribution < 1.29 is 5.11 Å². The van der Waals surface area contributed by atoms with Gasteiger partial charge in [0.15, 0.2) is 4.34 Å². The van der Waals surface area contributed by atoms with Gasteiger partial charge in [-0.3, -0.25) is 0 Å². The van der Waals surface area contributed by atoms with E-state index in [-0.39, 0.29) is 0 Å². The molecule has 0 aliphatic rings. The first-order valence-electron chi connectivity index (χ1n) is 5.39. The van der Waals surface area contributed by atoms with Gasteiger partial charge in [-0.25, -0.2) is 4.98 Å². The maximum Gasteiger partial charge on any atom is 0.208 e. The van der Waals surface area contributed by atoms with E-state index in [1.807, 2.05) is 31.1 Å². The molecule has 0 amide bonds. The van der Waals surface area contributed by atoms with E-state index in [1.54, 1.807) is 13.1 Å². The molecule has 0 saturated heterocycles. The normalized spacial score (nSPS) is 12.4. The molecule has 0 aromatic carbocycles. The topological polar surface area (TPSA) is 62.1 Å². The van der Waals surface area contributed by atoms with Crippen molar-refractivity contribution in [3.8, 4) is 0 Å². The minimum atomic E-state index is -0.539. The fourth-order valence-corrected chi connectivity index (χ4v) is 3.16. The second-order valence-electron chi connectivity index (χ2n) is 3.92. The lowest BCUT2D eigenvalue weighted by Gasteiger charge is -2.08. The van der Waals surface area contributed by atoms with Gasteiger partial charge in [0.1, 0.15) is 5.03 Å². The molecule has 0 fully saturated rings. The van der Waals surface area contributed by atoms with Crippen molar-refractivity contribution in [1.29, 1.82) is 0 Å². The number of aromatic nitrogens is 3. The van der Waals surface area contributed by atoms with Gasteiger partial charge in [-0.15, -0.1) is 10.2 Å². The monoisotopic (exact) mass is 282 g/mol. The lowest BCUT2D eigenvalue weighted by atomic mass is 10.2. The maximum atomic E-state index is 9.68. The molecule has 1 unspecified atom stereocenters. The predicted molar refractivity (Wildman–Crippen MR) is 73.2 cm³/mol. The molecule has 0 aliphatic carbocycles. The summed E-state index contributed by atoms with van der Waals surface area (Å²) >= 11 is 2.93. The molecule has 1 atom stereocenters. The number of nitrogens with zero attached hydrogens (tertiary/aromatic N) is 4. The fraction of sp³-hybridized carbons (Fsp3) is 0.364. The van der Waals surface area contributed by atoms with Gasteiger partial charge in [0, 0.05) is 25.9 Å². The van der Waals surface area contributed by atoms with E-state index < -0.39 is 6.10 Å². The third kappa shape index (κ3) is 2.98. The third-order valence-electron chi connectivity index (χ3n) is 2.21. The average molecular weight is 282 g/mol. The molecule has 0 aliphatic heterocycles. The van der Waals surface area contributed by atoms with E-state index in [9.17, 15) is 5.11 Å².